The van der Waals surface area contributed by atoms with Gasteiger partial charge in [-0.15, -0.1) is 0 Å². The van der Waals surface area contributed by atoms with Crippen LogP contribution in [-0.4, -0.2) is 10.9 Å². The molecule has 90 valence electrons. The zero-order chi connectivity index (χ0) is 10.6. The molecule has 0 heterocycles. The van der Waals surface area contributed by atoms with Gasteiger partial charge in [0.1, 0.15) is 0 Å². The molecule has 0 aliphatic heterocycles. The maximum Gasteiger partial charge on any atom is 0.0132 e. The first-order valence-electron chi connectivity index (χ1n) is 5.72. The van der Waals surface area contributed by atoms with Crippen LogP contribution in [-0.2, 0) is 33.7 Å². The molecule has 0 amide bonds. The van der Waals surface area contributed by atoms with E-state index in [1.54, 1.807) is 0 Å². The van der Waals surface area contributed by atoms with E-state index in [1.165, 1.54) is 51.4 Å². The first kappa shape index (κ1) is 18.2. The Morgan fingerprint density at radius 3 is 1.93 bits per heavy atom. The third-order valence-corrected chi connectivity index (χ3v) is 2.59. The van der Waals surface area contributed by atoms with E-state index in [1.807, 2.05) is 0 Å². The van der Waals surface area contributed by atoms with Crippen LogP contribution in [0.2, 0.25) is 0 Å². The molecule has 0 aromatic heterocycles. The summed E-state index contributed by atoms with van der Waals surface area (Å²) in [6, 6.07) is 0. The average Bonchev–Trinajstić information content (AvgIpc) is 2.15. The molecule has 0 unspecified atom stereocenters. The molecule has 0 aliphatic carbocycles. The second-order valence-electron chi connectivity index (χ2n) is 3.69. The molecule has 4 heteroatoms. The fourth-order valence-corrected chi connectivity index (χ4v) is 1.65. The molecular weight excluding hydrogens is 306 g/mol. The van der Waals surface area contributed by atoms with E-state index in [2.05, 4.69) is 12.2 Å². The zero-order valence-corrected chi connectivity index (χ0v) is 13.2. The number of rotatable bonds is 9. The first-order valence-corrected chi connectivity index (χ1v) is 6.54. The molecule has 0 saturated carbocycles. The minimum absolute atomic E-state index is 0. The molecule has 0 bridgehead atoms. The average molecular weight is 328 g/mol. The standard InChI is InChI=1S/C11H23NS2.Mo/c1-2-3-4-5-6-7-8-9-10-12-11(13)14;/h2-10H2,1H3,(H2,12,13,14);/p-1. The van der Waals surface area contributed by atoms with E-state index in [-0.39, 0.29) is 21.1 Å². The summed E-state index contributed by atoms with van der Waals surface area (Å²) in [5.74, 6) is 0. The van der Waals surface area contributed by atoms with Gasteiger partial charge in [0.05, 0.1) is 0 Å². The molecule has 1 nitrogen and oxygen atoms in total. The summed E-state index contributed by atoms with van der Waals surface area (Å²) in [4.78, 5) is 0. The third-order valence-electron chi connectivity index (χ3n) is 2.30. The molecular formula is C11H22MoNS2-. The van der Waals surface area contributed by atoms with Crippen molar-refractivity contribution in [2.75, 3.05) is 6.54 Å². The summed E-state index contributed by atoms with van der Waals surface area (Å²) < 4.78 is 0.507. The van der Waals surface area contributed by atoms with E-state index >= 15 is 0 Å². The van der Waals surface area contributed by atoms with Crippen molar-refractivity contribution in [2.45, 2.75) is 58.3 Å². The molecule has 0 saturated heterocycles. The van der Waals surface area contributed by atoms with Crippen molar-refractivity contribution in [3.05, 3.63) is 0 Å². The van der Waals surface area contributed by atoms with Crippen molar-refractivity contribution in [3.63, 3.8) is 0 Å². The smallest absolute Gasteiger partial charge is 0.0132 e. The number of thiocarbonyl (C=S) groups is 1. The molecule has 0 aromatic rings. The second kappa shape index (κ2) is 14.8. The SMILES string of the molecule is CCCCCCCCCCNC(=S)[S-].[Mo]. The van der Waals surface area contributed by atoms with Crippen LogP contribution in [0.25, 0.3) is 0 Å². The van der Waals surface area contributed by atoms with Gasteiger partial charge in [-0.25, -0.2) is 0 Å². The van der Waals surface area contributed by atoms with E-state index in [9.17, 15) is 0 Å². The van der Waals surface area contributed by atoms with Crippen LogP contribution in [0.3, 0.4) is 0 Å². The Morgan fingerprint density at radius 2 is 1.47 bits per heavy atom. The van der Waals surface area contributed by atoms with Gasteiger partial charge in [0.25, 0.3) is 0 Å². The van der Waals surface area contributed by atoms with Crippen LogP contribution >= 0.6 is 12.2 Å². The van der Waals surface area contributed by atoms with Gasteiger partial charge in [-0.1, -0.05) is 56.2 Å². The Labute approximate surface area is 120 Å². The van der Waals surface area contributed by atoms with Crippen molar-refractivity contribution in [1.82, 2.24) is 5.32 Å². The number of nitrogens with one attached hydrogen (secondary N) is 1. The summed E-state index contributed by atoms with van der Waals surface area (Å²) in [7, 11) is 0. The van der Waals surface area contributed by atoms with Crippen LogP contribution < -0.4 is 5.32 Å². The normalized spacial score (nSPS) is 9.40. The molecule has 0 atom stereocenters. The monoisotopic (exact) mass is 330 g/mol. The van der Waals surface area contributed by atoms with Crippen molar-refractivity contribution >= 4 is 29.2 Å². The van der Waals surface area contributed by atoms with Gasteiger partial charge < -0.3 is 30.2 Å². The number of hydrogen-bond acceptors (Lipinski definition) is 2. The predicted molar refractivity (Wildman–Crippen MR) is 70.6 cm³/mol. The zero-order valence-electron chi connectivity index (χ0n) is 9.59. The molecule has 0 radical (unpaired) electrons. The Hall–Kier alpha value is 0.798. The second-order valence-corrected chi connectivity index (χ2v) is 4.76. The maximum atomic E-state index is 4.75. The topological polar surface area (TPSA) is 12.0 Å². The van der Waals surface area contributed by atoms with Crippen molar-refractivity contribution in [3.8, 4) is 0 Å². The van der Waals surface area contributed by atoms with Gasteiger partial charge in [-0.05, 0) is 6.42 Å². The minimum Gasteiger partial charge on any atom is -0.412 e. The van der Waals surface area contributed by atoms with Gasteiger partial charge in [-0.3, -0.25) is 0 Å². The summed E-state index contributed by atoms with van der Waals surface area (Å²) in [6.45, 7) is 3.21. The number of unbranched alkanes of at least 4 members (excludes halogenated alkanes) is 7. The van der Waals surface area contributed by atoms with Crippen LogP contribution in [0.15, 0.2) is 0 Å². The maximum absolute atomic E-state index is 4.75. The van der Waals surface area contributed by atoms with Crippen LogP contribution in [0, 0.1) is 0 Å². The fourth-order valence-electron chi connectivity index (χ4n) is 1.45. The molecule has 1 N–H and O–H groups in total. The van der Waals surface area contributed by atoms with Crippen LogP contribution in [0.4, 0.5) is 0 Å². The quantitative estimate of drug-likeness (QED) is 0.301. The van der Waals surface area contributed by atoms with Crippen molar-refractivity contribution in [2.24, 2.45) is 0 Å². The minimum atomic E-state index is 0. The summed E-state index contributed by atoms with van der Waals surface area (Å²) >= 11 is 9.50. The number of hydrogen-bond donors (Lipinski definition) is 1. The first-order chi connectivity index (χ1) is 6.77. The molecule has 0 spiro atoms. The Kier molecular flexibility index (Phi) is 17.9. The van der Waals surface area contributed by atoms with Gasteiger partial charge >= 0.3 is 0 Å². The van der Waals surface area contributed by atoms with Crippen LogP contribution in [0.5, 0.6) is 0 Å². The van der Waals surface area contributed by atoms with E-state index in [4.69, 9.17) is 24.8 Å². The van der Waals surface area contributed by atoms with Gasteiger partial charge in [0, 0.05) is 27.6 Å². The van der Waals surface area contributed by atoms with Gasteiger partial charge in [0.2, 0.25) is 0 Å². The molecule has 0 rings (SSSR count). The van der Waals surface area contributed by atoms with Crippen molar-refractivity contribution in [1.29, 1.82) is 0 Å². The Balaban J connectivity index is 0. The predicted octanol–water partition coefficient (Wildman–Crippen LogP) is 3.55. The van der Waals surface area contributed by atoms with E-state index in [0.29, 0.717) is 4.32 Å². The van der Waals surface area contributed by atoms with Crippen LogP contribution in [0.1, 0.15) is 58.3 Å². The Bertz CT molecular complexity index is 143. The summed E-state index contributed by atoms with van der Waals surface area (Å²) in [5, 5.41) is 3.00. The molecule has 0 fully saturated rings. The fraction of sp³-hybridized carbons (Fsp3) is 0.909. The van der Waals surface area contributed by atoms with E-state index in [0.717, 1.165) is 6.54 Å². The summed E-state index contributed by atoms with van der Waals surface area (Å²) in [5.41, 5.74) is 0. The largest absolute Gasteiger partial charge is 0.412 e. The van der Waals surface area contributed by atoms with E-state index < -0.39 is 0 Å². The van der Waals surface area contributed by atoms with Gasteiger partial charge in [0.15, 0.2) is 0 Å². The Morgan fingerprint density at radius 1 is 1.00 bits per heavy atom. The van der Waals surface area contributed by atoms with Gasteiger partial charge in [-0.2, -0.15) is 0 Å². The summed E-state index contributed by atoms with van der Waals surface area (Å²) in [6.07, 6.45) is 10.8. The molecule has 0 aromatic carbocycles. The molecule has 0 aliphatic rings. The van der Waals surface area contributed by atoms with Crippen molar-refractivity contribution < 1.29 is 21.1 Å². The third kappa shape index (κ3) is 17.4. The molecule has 15 heavy (non-hydrogen) atoms.